The second-order valence-corrected chi connectivity index (χ2v) is 20.9. The van der Waals surface area contributed by atoms with E-state index < -0.39 is 6.10 Å². The zero-order valence-corrected chi connectivity index (χ0v) is 43.9. The van der Waals surface area contributed by atoms with Gasteiger partial charge in [0.2, 0.25) is 0 Å². The molecule has 0 heterocycles. The van der Waals surface area contributed by atoms with Crippen molar-refractivity contribution in [2.75, 3.05) is 13.2 Å². The van der Waals surface area contributed by atoms with E-state index in [4.69, 9.17) is 14.2 Å². The molecule has 6 nitrogen and oxygen atoms in total. The van der Waals surface area contributed by atoms with Crippen molar-refractivity contribution >= 4 is 17.9 Å². The lowest BCUT2D eigenvalue weighted by atomic mass is 10.0. The fourth-order valence-electron chi connectivity index (χ4n) is 8.87. The van der Waals surface area contributed by atoms with Crippen LogP contribution in [0.2, 0.25) is 0 Å². The fourth-order valence-corrected chi connectivity index (χ4v) is 8.87. The Kier molecular flexibility index (Phi) is 49.6. The standard InChI is InChI=1S/C58H112O6/c1-6-7-8-9-10-11-12-23-28-33-38-43-48-56(59)62-51-55(64-58(61)50-45-40-35-30-25-20-16-14-18-22-27-32-37-42-47-54(4)5)52-63-57(60)49-44-39-34-29-24-19-15-13-17-21-26-31-36-41-46-53(2)3/h53-55H,6-52H2,1-5H3/t55-/m1/s1. The molecular weight excluding hydrogens is 793 g/mol. The highest BCUT2D eigenvalue weighted by Gasteiger charge is 2.19. The molecule has 0 spiro atoms. The molecule has 0 aliphatic carbocycles. The Morgan fingerprint density at radius 2 is 0.516 bits per heavy atom. The molecule has 0 unspecified atom stereocenters. The monoisotopic (exact) mass is 905 g/mol. The summed E-state index contributed by atoms with van der Waals surface area (Å²) < 4.78 is 16.9. The highest BCUT2D eigenvalue weighted by Crippen LogP contribution is 2.18. The van der Waals surface area contributed by atoms with Crippen LogP contribution in [0.15, 0.2) is 0 Å². The van der Waals surface area contributed by atoms with Gasteiger partial charge in [0.25, 0.3) is 0 Å². The van der Waals surface area contributed by atoms with E-state index in [9.17, 15) is 14.4 Å². The Balaban J connectivity index is 4.28. The van der Waals surface area contributed by atoms with Gasteiger partial charge >= 0.3 is 17.9 Å². The zero-order valence-electron chi connectivity index (χ0n) is 43.9. The SMILES string of the molecule is CCCCCCCCCCCCCCC(=O)OC[C@H](COC(=O)CCCCCCCCCCCCCCCCC(C)C)OC(=O)CCCCCCCCCCCCCCCCC(C)C. The summed E-state index contributed by atoms with van der Waals surface area (Å²) in [6, 6.07) is 0. The van der Waals surface area contributed by atoms with E-state index in [0.29, 0.717) is 19.3 Å². The van der Waals surface area contributed by atoms with Crippen LogP contribution >= 0.6 is 0 Å². The van der Waals surface area contributed by atoms with E-state index in [1.807, 2.05) is 0 Å². The summed E-state index contributed by atoms with van der Waals surface area (Å²) in [6.45, 7) is 11.4. The fraction of sp³-hybridized carbons (Fsp3) is 0.948. The minimum Gasteiger partial charge on any atom is -0.462 e. The van der Waals surface area contributed by atoms with Gasteiger partial charge < -0.3 is 14.2 Å². The van der Waals surface area contributed by atoms with Crippen molar-refractivity contribution in [3.63, 3.8) is 0 Å². The van der Waals surface area contributed by atoms with Crippen molar-refractivity contribution < 1.29 is 28.6 Å². The van der Waals surface area contributed by atoms with Crippen molar-refractivity contribution in [2.45, 2.75) is 330 Å². The molecule has 64 heavy (non-hydrogen) atoms. The summed E-state index contributed by atoms with van der Waals surface area (Å²) in [5, 5.41) is 0. The van der Waals surface area contributed by atoms with Gasteiger partial charge in [0.1, 0.15) is 13.2 Å². The van der Waals surface area contributed by atoms with E-state index in [0.717, 1.165) is 69.6 Å². The van der Waals surface area contributed by atoms with Gasteiger partial charge in [-0.3, -0.25) is 14.4 Å². The summed E-state index contributed by atoms with van der Waals surface area (Å²) in [5.74, 6) is 0.849. The first-order chi connectivity index (χ1) is 31.2. The van der Waals surface area contributed by atoms with E-state index in [1.54, 1.807) is 0 Å². The van der Waals surface area contributed by atoms with Gasteiger partial charge in [-0.05, 0) is 31.1 Å². The molecule has 1 atom stereocenters. The summed E-state index contributed by atoms with van der Waals surface area (Å²) >= 11 is 0. The van der Waals surface area contributed by atoms with Gasteiger partial charge in [-0.25, -0.2) is 0 Å². The summed E-state index contributed by atoms with van der Waals surface area (Å²) in [6.07, 6.45) is 53.7. The van der Waals surface area contributed by atoms with Crippen molar-refractivity contribution in [2.24, 2.45) is 11.8 Å². The Hall–Kier alpha value is -1.59. The van der Waals surface area contributed by atoms with Crippen LogP contribution in [0.3, 0.4) is 0 Å². The summed E-state index contributed by atoms with van der Waals surface area (Å²) in [7, 11) is 0. The maximum Gasteiger partial charge on any atom is 0.306 e. The number of ether oxygens (including phenoxy) is 3. The molecule has 0 aromatic carbocycles. The largest absolute Gasteiger partial charge is 0.462 e. The van der Waals surface area contributed by atoms with Crippen LogP contribution in [0.25, 0.3) is 0 Å². The Morgan fingerprint density at radius 1 is 0.297 bits per heavy atom. The molecular formula is C58H112O6. The molecule has 6 heteroatoms. The van der Waals surface area contributed by atoms with Crippen LogP contribution in [0.1, 0.15) is 324 Å². The van der Waals surface area contributed by atoms with E-state index in [2.05, 4.69) is 34.6 Å². The Labute approximate surface area is 399 Å². The molecule has 0 rings (SSSR count). The first-order valence-corrected chi connectivity index (χ1v) is 28.7. The molecule has 0 saturated carbocycles. The maximum absolute atomic E-state index is 12.8. The van der Waals surface area contributed by atoms with Gasteiger partial charge in [0.15, 0.2) is 6.10 Å². The number of hydrogen-bond donors (Lipinski definition) is 0. The topological polar surface area (TPSA) is 78.9 Å². The quantitative estimate of drug-likeness (QED) is 0.0344. The third kappa shape index (κ3) is 51.4. The van der Waals surface area contributed by atoms with Gasteiger partial charge in [-0.2, -0.15) is 0 Å². The third-order valence-electron chi connectivity index (χ3n) is 13.2. The lowest BCUT2D eigenvalue weighted by Crippen LogP contribution is -2.30. The average molecular weight is 906 g/mol. The van der Waals surface area contributed by atoms with Crippen molar-refractivity contribution in [3.8, 4) is 0 Å². The Morgan fingerprint density at radius 3 is 0.766 bits per heavy atom. The molecule has 0 amide bonds. The predicted molar refractivity (Wildman–Crippen MR) is 275 cm³/mol. The molecule has 0 saturated heterocycles. The van der Waals surface area contributed by atoms with Crippen LogP contribution in [0.4, 0.5) is 0 Å². The smallest absolute Gasteiger partial charge is 0.306 e. The van der Waals surface area contributed by atoms with Gasteiger partial charge in [0.05, 0.1) is 0 Å². The minimum atomic E-state index is -0.762. The molecule has 0 aliphatic heterocycles. The van der Waals surface area contributed by atoms with Crippen LogP contribution in [-0.4, -0.2) is 37.2 Å². The lowest BCUT2D eigenvalue weighted by Gasteiger charge is -2.18. The number of carbonyl (C=O) groups excluding carboxylic acids is 3. The van der Waals surface area contributed by atoms with Crippen molar-refractivity contribution in [1.29, 1.82) is 0 Å². The van der Waals surface area contributed by atoms with E-state index >= 15 is 0 Å². The molecule has 0 fully saturated rings. The Bertz CT molecular complexity index is 978. The minimum absolute atomic E-state index is 0.0626. The van der Waals surface area contributed by atoms with E-state index in [1.165, 1.54) is 212 Å². The van der Waals surface area contributed by atoms with Crippen molar-refractivity contribution in [1.82, 2.24) is 0 Å². The van der Waals surface area contributed by atoms with Crippen LogP contribution in [0, 0.1) is 11.8 Å². The normalized spacial score (nSPS) is 12.0. The summed E-state index contributed by atoms with van der Waals surface area (Å²) in [5.41, 5.74) is 0. The summed E-state index contributed by atoms with van der Waals surface area (Å²) in [4.78, 5) is 38.1. The molecule has 380 valence electrons. The molecule has 0 aliphatic rings. The van der Waals surface area contributed by atoms with E-state index in [-0.39, 0.29) is 31.1 Å². The van der Waals surface area contributed by atoms with Crippen LogP contribution in [-0.2, 0) is 28.6 Å². The molecule has 0 bridgehead atoms. The van der Waals surface area contributed by atoms with Gasteiger partial charge in [0, 0.05) is 19.3 Å². The third-order valence-corrected chi connectivity index (χ3v) is 13.2. The van der Waals surface area contributed by atoms with Crippen molar-refractivity contribution in [3.05, 3.63) is 0 Å². The van der Waals surface area contributed by atoms with Gasteiger partial charge in [-0.1, -0.05) is 285 Å². The number of unbranched alkanes of at least 4 members (excludes halogenated alkanes) is 37. The highest BCUT2D eigenvalue weighted by atomic mass is 16.6. The molecule has 0 aromatic heterocycles. The number of hydrogen-bond acceptors (Lipinski definition) is 6. The molecule has 0 radical (unpaired) electrons. The first-order valence-electron chi connectivity index (χ1n) is 28.7. The number of carbonyl (C=O) groups is 3. The first kappa shape index (κ1) is 62.4. The second kappa shape index (κ2) is 50.8. The number of esters is 3. The predicted octanol–water partition coefficient (Wildman–Crippen LogP) is 18.9. The van der Waals surface area contributed by atoms with Gasteiger partial charge in [-0.15, -0.1) is 0 Å². The zero-order chi connectivity index (χ0) is 46.8. The van der Waals surface area contributed by atoms with Crippen LogP contribution < -0.4 is 0 Å². The lowest BCUT2D eigenvalue weighted by molar-refractivity contribution is -0.167. The molecule has 0 aromatic rings. The van der Waals surface area contributed by atoms with Crippen LogP contribution in [0.5, 0.6) is 0 Å². The average Bonchev–Trinajstić information content (AvgIpc) is 3.27. The number of rotatable bonds is 52. The second-order valence-electron chi connectivity index (χ2n) is 20.9. The maximum atomic E-state index is 12.8. The highest BCUT2D eigenvalue weighted by molar-refractivity contribution is 5.71. The molecule has 0 N–H and O–H groups in total.